The Kier molecular flexibility index (Phi) is 4.18. The van der Waals surface area contributed by atoms with E-state index < -0.39 is 9.84 Å². The van der Waals surface area contributed by atoms with Crippen molar-refractivity contribution in [2.75, 3.05) is 23.4 Å². The van der Waals surface area contributed by atoms with E-state index in [0.717, 1.165) is 13.0 Å². The molecule has 1 aliphatic heterocycles. The van der Waals surface area contributed by atoms with Gasteiger partial charge in [0.05, 0.1) is 18.1 Å². The Morgan fingerprint density at radius 2 is 2.28 bits per heavy atom. The summed E-state index contributed by atoms with van der Waals surface area (Å²) in [4.78, 5) is 0. The van der Waals surface area contributed by atoms with E-state index in [-0.39, 0.29) is 17.5 Å². The van der Waals surface area contributed by atoms with Crippen molar-refractivity contribution in [3.63, 3.8) is 0 Å². The standard InChI is InChI=1S/C10H18N4O3S/c1-2-4-11-6-9-13-14-10(17-9)12-8-3-5-18(15,16)7-8/h8,11H,2-7H2,1H3,(H,12,14). The summed E-state index contributed by atoms with van der Waals surface area (Å²) in [6.45, 7) is 3.51. The van der Waals surface area contributed by atoms with Crippen LogP contribution < -0.4 is 10.6 Å². The van der Waals surface area contributed by atoms with Gasteiger partial charge in [0.25, 0.3) is 0 Å². The lowest BCUT2D eigenvalue weighted by Gasteiger charge is -2.06. The van der Waals surface area contributed by atoms with Crippen molar-refractivity contribution < 1.29 is 12.8 Å². The fraction of sp³-hybridized carbons (Fsp3) is 0.800. The van der Waals surface area contributed by atoms with Gasteiger partial charge in [-0.25, -0.2) is 8.42 Å². The van der Waals surface area contributed by atoms with Crippen LogP contribution in [-0.4, -0.2) is 42.7 Å². The molecule has 2 heterocycles. The Bertz CT molecular complexity index is 485. The summed E-state index contributed by atoms with van der Waals surface area (Å²) < 4.78 is 28.0. The molecule has 2 N–H and O–H groups in total. The van der Waals surface area contributed by atoms with E-state index in [0.29, 0.717) is 24.9 Å². The summed E-state index contributed by atoms with van der Waals surface area (Å²) in [5, 5.41) is 13.8. The van der Waals surface area contributed by atoms with Gasteiger partial charge in [0.2, 0.25) is 5.89 Å². The van der Waals surface area contributed by atoms with Crippen LogP contribution in [0.3, 0.4) is 0 Å². The van der Waals surface area contributed by atoms with Gasteiger partial charge < -0.3 is 15.1 Å². The number of nitrogens with one attached hydrogen (secondary N) is 2. The molecule has 0 saturated carbocycles. The van der Waals surface area contributed by atoms with Gasteiger partial charge in [-0.1, -0.05) is 12.0 Å². The molecule has 1 saturated heterocycles. The predicted molar refractivity (Wildman–Crippen MR) is 67.0 cm³/mol. The van der Waals surface area contributed by atoms with Crippen LogP contribution in [0.4, 0.5) is 6.01 Å². The lowest BCUT2D eigenvalue weighted by molar-refractivity contribution is 0.474. The minimum Gasteiger partial charge on any atom is -0.407 e. The van der Waals surface area contributed by atoms with Crippen LogP contribution in [-0.2, 0) is 16.4 Å². The molecule has 0 aliphatic carbocycles. The van der Waals surface area contributed by atoms with Gasteiger partial charge in [-0.3, -0.25) is 0 Å². The van der Waals surface area contributed by atoms with E-state index in [4.69, 9.17) is 4.42 Å². The highest BCUT2D eigenvalue weighted by atomic mass is 32.2. The molecule has 1 atom stereocenters. The van der Waals surface area contributed by atoms with Crippen LogP contribution in [0.1, 0.15) is 25.7 Å². The van der Waals surface area contributed by atoms with Gasteiger partial charge in [-0.05, 0) is 19.4 Å². The van der Waals surface area contributed by atoms with Crippen molar-refractivity contribution in [2.45, 2.75) is 32.4 Å². The molecule has 1 aliphatic rings. The summed E-state index contributed by atoms with van der Waals surface area (Å²) in [5.74, 6) is 0.870. The van der Waals surface area contributed by atoms with Gasteiger partial charge in [0.1, 0.15) is 0 Å². The van der Waals surface area contributed by atoms with Gasteiger partial charge in [0, 0.05) is 6.04 Å². The van der Waals surface area contributed by atoms with Crippen molar-refractivity contribution in [1.29, 1.82) is 0 Å². The van der Waals surface area contributed by atoms with E-state index in [1.54, 1.807) is 0 Å². The van der Waals surface area contributed by atoms with Crippen LogP contribution in [0.15, 0.2) is 4.42 Å². The monoisotopic (exact) mass is 274 g/mol. The number of anilines is 1. The number of aromatic nitrogens is 2. The lowest BCUT2D eigenvalue weighted by atomic mass is 10.3. The smallest absolute Gasteiger partial charge is 0.315 e. The number of hydrogen-bond donors (Lipinski definition) is 2. The van der Waals surface area contributed by atoms with Crippen LogP contribution in [0.5, 0.6) is 0 Å². The van der Waals surface area contributed by atoms with Crippen molar-refractivity contribution in [2.24, 2.45) is 0 Å². The van der Waals surface area contributed by atoms with Crippen molar-refractivity contribution in [3.05, 3.63) is 5.89 Å². The second kappa shape index (κ2) is 5.66. The molecule has 1 aromatic heterocycles. The third-order valence-electron chi connectivity index (χ3n) is 2.73. The van der Waals surface area contributed by atoms with Gasteiger partial charge >= 0.3 is 6.01 Å². The van der Waals surface area contributed by atoms with E-state index in [9.17, 15) is 8.42 Å². The van der Waals surface area contributed by atoms with Gasteiger partial charge in [-0.15, -0.1) is 5.10 Å². The van der Waals surface area contributed by atoms with E-state index in [1.807, 2.05) is 0 Å². The van der Waals surface area contributed by atoms with Crippen LogP contribution in [0, 0.1) is 0 Å². The average Bonchev–Trinajstić information content (AvgIpc) is 2.87. The number of nitrogens with zero attached hydrogens (tertiary/aromatic N) is 2. The quantitative estimate of drug-likeness (QED) is 0.713. The number of sulfone groups is 1. The fourth-order valence-corrected chi connectivity index (χ4v) is 3.51. The third-order valence-corrected chi connectivity index (χ3v) is 4.50. The molecule has 18 heavy (non-hydrogen) atoms. The number of hydrogen-bond acceptors (Lipinski definition) is 7. The third kappa shape index (κ3) is 3.67. The van der Waals surface area contributed by atoms with Crippen LogP contribution in [0.2, 0.25) is 0 Å². The Labute approximate surface area is 106 Å². The largest absolute Gasteiger partial charge is 0.407 e. The van der Waals surface area contributed by atoms with Crippen molar-refractivity contribution >= 4 is 15.9 Å². The minimum absolute atomic E-state index is 0.119. The molecule has 0 amide bonds. The molecule has 7 nitrogen and oxygen atoms in total. The molecule has 1 aromatic rings. The molecule has 0 spiro atoms. The molecule has 8 heteroatoms. The SMILES string of the molecule is CCCNCc1nnc(NC2CCS(=O)(=O)C2)o1. The second-order valence-corrected chi connectivity index (χ2v) is 6.65. The summed E-state index contributed by atoms with van der Waals surface area (Å²) in [6.07, 6.45) is 1.63. The number of rotatable bonds is 6. The Morgan fingerprint density at radius 3 is 2.94 bits per heavy atom. The highest BCUT2D eigenvalue weighted by Crippen LogP contribution is 2.16. The molecular weight excluding hydrogens is 256 g/mol. The zero-order chi connectivity index (χ0) is 13.0. The maximum atomic E-state index is 11.3. The zero-order valence-electron chi connectivity index (χ0n) is 10.3. The molecular formula is C10H18N4O3S. The summed E-state index contributed by atoms with van der Waals surface area (Å²) in [6, 6.07) is 0.178. The molecule has 1 fully saturated rings. The molecule has 0 aromatic carbocycles. The first kappa shape index (κ1) is 13.3. The first-order valence-corrected chi connectivity index (χ1v) is 7.91. The molecule has 0 radical (unpaired) electrons. The molecule has 0 bridgehead atoms. The van der Waals surface area contributed by atoms with E-state index >= 15 is 0 Å². The van der Waals surface area contributed by atoms with Gasteiger partial charge in [-0.2, -0.15) is 0 Å². The van der Waals surface area contributed by atoms with Crippen LogP contribution in [0.25, 0.3) is 0 Å². The predicted octanol–water partition coefficient (Wildman–Crippen LogP) is 0.168. The minimum atomic E-state index is -2.89. The Hall–Kier alpha value is -1.15. The summed E-state index contributed by atoms with van der Waals surface area (Å²) in [5.41, 5.74) is 0. The average molecular weight is 274 g/mol. The highest BCUT2D eigenvalue weighted by molar-refractivity contribution is 7.91. The lowest BCUT2D eigenvalue weighted by Crippen LogP contribution is -2.20. The molecule has 1 unspecified atom stereocenters. The summed E-state index contributed by atoms with van der Waals surface area (Å²) >= 11 is 0. The first-order chi connectivity index (χ1) is 8.59. The Morgan fingerprint density at radius 1 is 1.44 bits per heavy atom. The molecule has 2 rings (SSSR count). The van der Waals surface area contributed by atoms with Crippen molar-refractivity contribution in [1.82, 2.24) is 15.5 Å². The zero-order valence-corrected chi connectivity index (χ0v) is 11.2. The maximum Gasteiger partial charge on any atom is 0.315 e. The summed E-state index contributed by atoms with van der Waals surface area (Å²) in [7, 11) is -2.89. The molecule has 102 valence electrons. The maximum absolute atomic E-state index is 11.3. The second-order valence-electron chi connectivity index (χ2n) is 4.42. The highest BCUT2D eigenvalue weighted by Gasteiger charge is 2.28. The van der Waals surface area contributed by atoms with Crippen LogP contribution >= 0.6 is 0 Å². The van der Waals surface area contributed by atoms with Gasteiger partial charge in [0.15, 0.2) is 9.84 Å². The van der Waals surface area contributed by atoms with E-state index in [2.05, 4.69) is 27.8 Å². The first-order valence-electron chi connectivity index (χ1n) is 6.09. The topological polar surface area (TPSA) is 97.1 Å². The fourth-order valence-electron chi connectivity index (χ4n) is 1.84. The normalized spacial score (nSPS) is 22.2. The van der Waals surface area contributed by atoms with Crippen molar-refractivity contribution in [3.8, 4) is 0 Å². The van der Waals surface area contributed by atoms with E-state index in [1.165, 1.54) is 0 Å². The Balaban J connectivity index is 1.83.